The van der Waals surface area contributed by atoms with E-state index in [1.165, 1.54) is 31.0 Å². The van der Waals surface area contributed by atoms with Gasteiger partial charge in [0.05, 0.1) is 9.79 Å². The van der Waals surface area contributed by atoms with Crippen LogP contribution in [-0.4, -0.2) is 25.9 Å². The normalized spacial score (nSPS) is 12.8. The molecule has 0 aromatic heterocycles. The molecule has 0 aliphatic heterocycles. The van der Waals surface area contributed by atoms with Crippen molar-refractivity contribution in [2.45, 2.75) is 115 Å². The summed E-state index contributed by atoms with van der Waals surface area (Å²) in [5.41, 5.74) is 1.32. The van der Waals surface area contributed by atoms with E-state index < -0.39 is 20.2 Å². The minimum absolute atomic E-state index is 0.190. The Morgan fingerprint density at radius 3 is 1.58 bits per heavy atom. The summed E-state index contributed by atoms with van der Waals surface area (Å²) in [6.07, 6.45) is 11.6. The molecule has 6 nitrogen and oxygen atoms in total. The van der Waals surface area contributed by atoms with Crippen LogP contribution in [0.4, 0.5) is 0 Å². The quantitative estimate of drug-likeness (QED) is 0.167. The molecule has 0 aliphatic carbocycles. The van der Waals surface area contributed by atoms with E-state index in [0.717, 1.165) is 62.3 Å². The van der Waals surface area contributed by atoms with Gasteiger partial charge < -0.3 is 0 Å². The van der Waals surface area contributed by atoms with Crippen molar-refractivity contribution >= 4 is 31.0 Å². The number of hydrogen-bond acceptors (Lipinski definition) is 4. The fourth-order valence-electron chi connectivity index (χ4n) is 4.72. The summed E-state index contributed by atoms with van der Waals surface area (Å²) in [7, 11) is -8.96. The highest BCUT2D eigenvalue weighted by atomic mass is 32.2. The van der Waals surface area contributed by atoms with Gasteiger partial charge in [0.15, 0.2) is 0 Å². The fraction of sp³-hybridized carbons (Fsp3) is 0.643. The van der Waals surface area contributed by atoms with Gasteiger partial charge in [-0.25, -0.2) is 0 Å². The zero-order valence-electron chi connectivity index (χ0n) is 22.3. The van der Waals surface area contributed by atoms with Gasteiger partial charge >= 0.3 is 0 Å². The molecule has 0 unspecified atom stereocenters. The average Bonchev–Trinajstić information content (AvgIpc) is 2.76. The lowest BCUT2D eigenvalue weighted by atomic mass is 9.95. The van der Waals surface area contributed by atoms with Crippen molar-refractivity contribution in [1.29, 1.82) is 0 Å². The van der Waals surface area contributed by atoms with Crippen molar-refractivity contribution in [3.8, 4) is 0 Å². The Kier molecular flexibility index (Phi) is 11.9. The number of fused-ring (bicyclic) bond motifs is 1. The molecule has 36 heavy (non-hydrogen) atoms. The average molecular weight is 541 g/mol. The number of unbranched alkanes of at least 4 members (excludes halogenated alkanes) is 6. The van der Waals surface area contributed by atoms with Gasteiger partial charge in [-0.2, -0.15) is 16.8 Å². The van der Waals surface area contributed by atoms with Crippen LogP contribution in [0.3, 0.4) is 0 Å². The van der Waals surface area contributed by atoms with E-state index >= 15 is 0 Å². The number of benzene rings is 2. The van der Waals surface area contributed by atoms with Gasteiger partial charge in [0.25, 0.3) is 20.2 Å². The van der Waals surface area contributed by atoms with Crippen LogP contribution in [-0.2, 0) is 33.1 Å². The summed E-state index contributed by atoms with van der Waals surface area (Å²) in [5, 5.41) is 1.15. The third-order valence-electron chi connectivity index (χ3n) is 6.72. The molecule has 0 spiro atoms. The van der Waals surface area contributed by atoms with Crippen LogP contribution < -0.4 is 0 Å². The first-order chi connectivity index (χ1) is 16.8. The molecule has 0 bridgehead atoms. The topological polar surface area (TPSA) is 109 Å². The molecule has 0 atom stereocenters. The molecule has 2 N–H and O–H groups in total. The molecule has 0 heterocycles. The molecule has 2 aromatic carbocycles. The van der Waals surface area contributed by atoms with Crippen molar-refractivity contribution in [2.24, 2.45) is 11.8 Å². The van der Waals surface area contributed by atoms with Crippen LogP contribution >= 0.6 is 0 Å². The maximum Gasteiger partial charge on any atom is 0.294 e. The van der Waals surface area contributed by atoms with E-state index in [0.29, 0.717) is 35.6 Å². The maximum atomic E-state index is 12.2. The summed E-state index contributed by atoms with van der Waals surface area (Å²) in [4.78, 5) is -0.451. The molecule has 2 aromatic rings. The van der Waals surface area contributed by atoms with E-state index in [1.54, 1.807) is 6.07 Å². The summed E-state index contributed by atoms with van der Waals surface area (Å²) >= 11 is 0. The third kappa shape index (κ3) is 10.1. The Bertz CT molecular complexity index is 1200. The first-order valence-electron chi connectivity index (χ1n) is 13.3. The molecule has 2 rings (SSSR count). The molecular formula is C28H44O6S2. The molecule has 8 heteroatoms. The van der Waals surface area contributed by atoms with E-state index in [-0.39, 0.29) is 9.79 Å². The zero-order valence-corrected chi connectivity index (χ0v) is 23.9. The standard InChI is InChI=1S/C28H44O6S2/c1-21(2)13-9-5-7-11-15-23-17-26(35(29,30)31)18-25-20-28(36(32,33)34)24(19-27(23)25)16-12-8-6-10-14-22(3)4/h17-22H,5-16H2,1-4H3,(H,29,30,31)(H,32,33,34). The predicted molar refractivity (Wildman–Crippen MR) is 147 cm³/mol. The third-order valence-corrected chi connectivity index (χ3v) is 8.49. The summed E-state index contributed by atoms with van der Waals surface area (Å²) in [5.74, 6) is 1.34. The van der Waals surface area contributed by atoms with Gasteiger partial charge in [0.1, 0.15) is 0 Å². The molecule has 0 saturated carbocycles. The lowest BCUT2D eigenvalue weighted by Crippen LogP contribution is -2.06. The lowest BCUT2D eigenvalue weighted by molar-refractivity contribution is 0.480. The van der Waals surface area contributed by atoms with Crippen molar-refractivity contribution in [1.82, 2.24) is 0 Å². The first kappa shape index (κ1) is 30.7. The first-order valence-corrected chi connectivity index (χ1v) is 16.2. The number of rotatable bonds is 16. The monoisotopic (exact) mass is 540 g/mol. The van der Waals surface area contributed by atoms with E-state index in [2.05, 4.69) is 27.7 Å². The minimum Gasteiger partial charge on any atom is -0.282 e. The number of aryl methyl sites for hydroxylation is 2. The van der Waals surface area contributed by atoms with Crippen molar-refractivity contribution < 1.29 is 25.9 Å². The van der Waals surface area contributed by atoms with Gasteiger partial charge in [-0.15, -0.1) is 0 Å². The predicted octanol–water partition coefficient (Wildman–Crippen LogP) is 7.63. The van der Waals surface area contributed by atoms with Gasteiger partial charge in [0, 0.05) is 0 Å². The minimum atomic E-state index is -4.49. The summed E-state index contributed by atoms with van der Waals surface area (Å²) < 4.78 is 67.8. The van der Waals surface area contributed by atoms with E-state index in [9.17, 15) is 25.9 Å². The van der Waals surface area contributed by atoms with Crippen LogP contribution in [0.1, 0.15) is 103 Å². The Balaban J connectivity index is 2.34. The highest BCUT2D eigenvalue weighted by Gasteiger charge is 2.20. The largest absolute Gasteiger partial charge is 0.294 e. The second kappa shape index (κ2) is 13.9. The molecule has 204 valence electrons. The van der Waals surface area contributed by atoms with Gasteiger partial charge in [0.2, 0.25) is 0 Å². The van der Waals surface area contributed by atoms with Crippen molar-refractivity contribution in [3.63, 3.8) is 0 Å². The Hall–Kier alpha value is -1.48. The lowest BCUT2D eigenvalue weighted by Gasteiger charge is -2.14. The van der Waals surface area contributed by atoms with Crippen molar-refractivity contribution in [2.75, 3.05) is 0 Å². The van der Waals surface area contributed by atoms with Gasteiger partial charge in [-0.05, 0) is 83.7 Å². The zero-order chi connectivity index (χ0) is 26.9. The maximum absolute atomic E-state index is 12.2. The molecule has 0 aliphatic rings. The SMILES string of the molecule is CC(C)CCCCCCc1cc2c(CCCCCCC(C)C)cc(S(=O)(=O)O)cc2cc1S(=O)(=O)O. The smallest absolute Gasteiger partial charge is 0.282 e. The van der Waals surface area contributed by atoms with Crippen LogP contribution in [0.15, 0.2) is 34.1 Å². The van der Waals surface area contributed by atoms with Gasteiger partial charge in [-0.1, -0.05) is 79.1 Å². The second-order valence-electron chi connectivity index (χ2n) is 10.9. The second-order valence-corrected chi connectivity index (χ2v) is 13.7. The molecule has 0 saturated heterocycles. The van der Waals surface area contributed by atoms with E-state index in [4.69, 9.17) is 0 Å². The molecule has 0 radical (unpaired) electrons. The highest BCUT2D eigenvalue weighted by Crippen LogP contribution is 2.31. The summed E-state index contributed by atoms with van der Waals surface area (Å²) in [6, 6.07) is 5.91. The number of hydrogen-bond donors (Lipinski definition) is 2. The van der Waals surface area contributed by atoms with E-state index in [1.807, 2.05) is 0 Å². The molecule has 0 fully saturated rings. The fourth-order valence-corrected chi connectivity index (χ4v) is 6.05. The van der Waals surface area contributed by atoms with Crippen molar-refractivity contribution in [3.05, 3.63) is 35.4 Å². The molecule has 0 amide bonds. The molecular weight excluding hydrogens is 496 g/mol. The Labute approximate surface area is 218 Å². The Morgan fingerprint density at radius 1 is 0.611 bits per heavy atom. The highest BCUT2D eigenvalue weighted by molar-refractivity contribution is 7.86. The van der Waals surface area contributed by atoms with Crippen LogP contribution in [0.25, 0.3) is 10.8 Å². The van der Waals surface area contributed by atoms with Crippen LogP contribution in [0, 0.1) is 11.8 Å². The van der Waals surface area contributed by atoms with Gasteiger partial charge in [-0.3, -0.25) is 9.11 Å². The summed E-state index contributed by atoms with van der Waals surface area (Å²) in [6.45, 7) is 8.81. The van der Waals surface area contributed by atoms with Crippen LogP contribution in [0.2, 0.25) is 0 Å². The Morgan fingerprint density at radius 2 is 1.11 bits per heavy atom. The van der Waals surface area contributed by atoms with Crippen LogP contribution in [0.5, 0.6) is 0 Å².